The zero-order valence-electron chi connectivity index (χ0n) is 12.0. The maximum Gasteiger partial charge on any atom is 0.308 e. The van der Waals surface area contributed by atoms with E-state index in [0.717, 1.165) is 4.90 Å². The molecular weight excluding hydrogens is 368 g/mol. The van der Waals surface area contributed by atoms with Crippen molar-refractivity contribution in [3.05, 3.63) is 33.8 Å². The molecular formula is C15H13BrN2O5. The summed E-state index contributed by atoms with van der Waals surface area (Å²) in [5.74, 6) is -2.95. The summed E-state index contributed by atoms with van der Waals surface area (Å²) in [4.78, 5) is 50.1. The molecule has 2 heterocycles. The number of aliphatic carboxylic acids is 1. The van der Waals surface area contributed by atoms with Crippen LogP contribution in [-0.4, -0.2) is 58.2 Å². The van der Waals surface area contributed by atoms with E-state index in [2.05, 4.69) is 15.9 Å². The fourth-order valence-electron chi connectivity index (χ4n) is 2.83. The number of likely N-dealkylation sites (tertiary alicyclic amines) is 1. The van der Waals surface area contributed by atoms with Gasteiger partial charge in [-0.2, -0.15) is 0 Å². The molecule has 0 saturated carbocycles. The lowest BCUT2D eigenvalue weighted by Gasteiger charge is -2.19. The summed E-state index contributed by atoms with van der Waals surface area (Å²) in [6.07, 6.45) is 0.385. The second-order valence-corrected chi connectivity index (χ2v) is 6.47. The monoisotopic (exact) mass is 380 g/mol. The van der Waals surface area contributed by atoms with Gasteiger partial charge in [0, 0.05) is 17.6 Å². The van der Waals surface area contributed by atoms with E-state index >= 15 is 0 Å². The number of fused-ring (bicyclic) bond motifs is 1. The molecule has 0 aliphatic carbocycles. The standard InChI is InChI=1S/C15H13BrN2O5/c16-9-1-2-10-11(5-9)14(21)18(13(10)20)7-12(19)17-4-3-8(6-17)15(22)23/h1-2,5,8H,3-4,6-7H2,(H,22,23). The van der Waals surface area contributed by atoms with Crippen molar-refractivity contribution in [3.63, 3.8) is 0 Å². The third kappa shape index (κ3) is 2.74. The van der Waals surface area contributed by atoms with Gasteiger partial charge in [0.15, 0.2) is 0 Å². The lowest BCUT2D eigenvalue weighted by molar-refractivity contribution is -0.141. The number of halogens is 1. The van der Waals surface area contributed by atoms with Crippen LogP contribution < -0.4 is 0 Å². The Bertz CT molecular complexity index is 733. The average molecular weight is 381 g/mol. The summed E-state index contributed by atoms with van der Waals surface area (Å²) in [6, 6.07) is 4.75. The highest BCUT2D eigenvalue weighted by molar-refractivity contribution is 9.10. The SMILES string of the molecule is O=C(O)C1CCN(C(=O)CN2C(=O)c3ccc(Br)cc3C2=O)C1. The van der Waals surface area contributed by atoms with E-state index in [-0.39, 0.29) is 24.2 Å². The molecule has 1 N–H and O–H groups in total. The lowest BCUT2D eigenvalue weighted by Crippen LogP contribution is -2.42. The molecule has 0 spiro atoms. The van der Waals surface area contributed by atoms with Crippen LogP contribution >= 0.6 is 15.9 Å². The molecule has 0 aromatic heterocycles. The van der Waals surface area contributed by atoms with Gasteiger partial charge in [-0.1, -0.05) is 15.9 Å². The first-order valence-electron chi connectivity index (χ1n) is 7.05. The van der Waals surface area contributed by atoms with Crippen LogP contribution in [0.15, 0.2) is 22.7 Å². The van der Waals surface area contributed by atoms with Crippen LogP contribution in [0.25, 0.3) is 0 Å². The lowest BCUT2D eigenvalue weighted by atomic mass is 10.1. The summed E-state index contributed by atoms with van der Waals surface area (Å²) < 4.78 is 0.675. The molecule has 23 heavy (non-hydrogen) atoms. The van der Waals surface area contributed by atoms with Crippen molar-refractivity contribution in [2.45, 2.75) is 6.42 Å². The normalized spacial score (nSPS) is 20.1. The second kappa shape index (κ2) is 5.77. The number of rotatable bonds is 3. The zero-order valence-corrected chi connectivity index (χ0v) is 13.6. The molecule has 2 aliphatic rings. The van der Waals surface area contributed by atoms with E-state index in [1.165, 1.54) is 4.90 Å². The van der Waals surface area contributed by atoms with Gasteiger partial charge in [-0.05, 0) is 24.6 Å². The van der Waals surface area contributed by atoms with Crippen molar-refractivity contribution in [3.8, 4) is 0 Å². The number of nitrogens with zero attached hydrogens (tertiary/aromatic N) is 2. The third-order valence-electron chi connectivity index (χ3n) is 4.12. The van der Waals surface area contributed by atoms with Crippen LogP contribution in [0.5, 0.6) is 0 Å². The number of amides is 3. The zero-order chi connectivity index (χ0) is 16.7. The van der Waals surface area contributed by atoms with E-state index < -0.39 is 29.6 Å². The highest BCUT2D eigenvalue weighted by Crippen LogP contribution is 2.26. The van der Waals surface area contributed by atoms with Gasteiger partial charge in [-0.25, -0.2) is 0 Å². The number of carboxylic acids is 1. The Balaban J connectivity index is 1.72. The Kier molecular flexibility index (Phi) is 3.93. The molecule has 1 saturated heterocycles. The number of carbonyl (C=O) groups is 4. The van der Waals surface area contributed by atoms with Gasteiger partial charge in [-0.15, -0.1) is 0 Å². The molecule has 7 nitrogen and oxygen atoms in total. The van der Waals surface area contributed by atoms with Gasteiger partial charge in [-0.3, -0.25) is 24.1 Å². The smallest absolute Gasteiger partial charge is 0.308 e. The fourth-order valence-corrected chi connectivity index (χ4v) is 3.19. The summed E-state index contributed by atoms with van der Waals surface area (Å²) in [5.41, 5.74) is 0.540. The van der Waals surface area contributed by atoms with Crippen molar-refractivity contribution in [1.29, 1.82) is 0 Å². The quantitative estimate of drug-likeness (QED) is 0.788. The Morgan fingerprint density at radius 1 is 1.22 bits per heavy atom. The van der Waals surface area contributed by atoms with Crippen molar-refractivity contribution < 1.29 is 24.3 Å². The molecule has 3 amide bonds. The minimum Gasteiger partial charge on any atom is -0.481 e. The molecule has 3 rings (SSSR count). The van der Waals surface area contributed by atoms with Gasteiger partial charge in [0.05, 0.1) is 17.0 Å². The molecule has 0 bridgehead atoms. The number of carboxylic acid groups (broad SMARTS) is 1. The first-order valence-corrected chi connectivity index (χ1v) is 7.84. The Morgan fingerprint density at radius 2 is 1.91 bits per heavy atom. The Morgan fingerprint density at radius 3 is 2.57 bits per heavy atom. The van der Waals surface area contributed by atoms with Crippen LogP contribution in [0.4, 0.5) is 0 Å². The highest BCUT2D eigenvalue weighted by atomic mass is 79.9. The van der Waals surface area contributed by atoms with E-state index in [1.54, 1.807) is 18.2 Å². The number of hydrogen-bond acceptors (Lipinski definition) is 4. The number of hydrogen-bond donors (Lipinski definition) is 1. The molecule has 1 aromatic rings. The predicted octanol–water partition coefficient (Wildman–Crippen LogP) is 0.978. The highest BCUT2D eigenvalue weighted by Gasteiger charge is 2.39. The molecule has 0 radical (unpaired) electrons. The van der Waals surface area contributed by atoms with Crippen LogP contribution in [-0.2, 0) is 9.59 Å². The maximum atomic E-state index is 12.3. The fraction of sp³-hybridized carbons (Fsp3) is 0.333. The average Bonchev–Trinajstić information content (AvgIpc) is 3.08. The van der Waals surface area contributed by atoms with Crippen molar-refractivity contribution in [1.82, 2.24) is 9.80 Å². The molecule has 1 fully saturated rings. The molecule has 1 atom stereocenters. The maximum absolute atomic E-state index is 12.3. The van der Waals surface area contributed by atoms with E-state index in [9.17, 15) is 19.2 Å². The Labute approximate surface area is 140 Å². The van der Waals surface area contributed by atoms with Gasteiger partial charge < -0.3 is 10.0 Å². The summed E-state index contributed by atoms with van der Waals surface area (Å²) in [5, 5.41) is 8.96. The summed E-state index contributed by atoms with van der Waals surface area (Å²) in [6.45, 7) is 0.0731. The largest absolute Gasteiger partial charge is 0.481 e. The minimum absolute atomic E-state index is 0.114. The second-order valence-electron chi connectivity index (χ2n) is 5.55. The van der Waals surface area contributed by atoms with E-state index in [0.29, 0.717) is 17.4 Å². The molecule has 1 aromatic carbocycles. The van der Waals surface area contributed by atoms with Crippen LogP contribution in [0.1, 0.15) is 27.1 Å². The first-order chi connectivity index (χ1) is 10.9. The topological polar surface area (TPSA) is 95.0 Å². The first kappa shape index (κ1) is 15.7. The third-order valence-corrected chi connectivity index (χ3v) is 4.61. The van der Waals surface area contributed by atoms with Gasteiger partial charge in [0.1, 0.15) is 6.54 Å². The molecule has 1 unspecified atom stereocenters. The number of benzene rings is 1. The Hall–Kier alpha value is -2.22. The molecule has 2 aliphatic heterocycles. The van der Waals surface area contributed by atoms with E-state index in [1.807, 2.05) is 0 Å². The number of imide groups is 1. The minimum atomic E-state index is -0.939. The van der Waals surface area contributed by atoms with E-state index in [4.69, 9.17) is 5.11 Å². The molecule has 8 heteroatoms. The van der Waals surface area contributed by atoms with Crippen molar-refractivity contribution in [2.24, 2.45) is 5.92 Å². The summed E-state index contributed by atoms with van der Waals surface area (Å²) in [7, 11) is 0. The molecule has 120 valence electrons. The van der Waals surface area contributed by atoms with Crippen LogP contribution in [0.2, 0.25) is 0 Å². The van der Waals surface area contributed by atoms with Crippen LogP contribution in [0, 0.1) is 5.92 Å². The van der Waals surface area contributed by atoms with Crippen molar-refractivity contribution in [2.75, 3.05) is 19.6 Å². The van der Waals surface area contributed by atoms with Gasteiger partial charge in [0.25, 0.3) is 11.8 Å². The number of carbonyl (C=O) groups excluding carboxylic acids is 3. The van der Waals surface area contributed by atoms with Gasteiger partial charge >= 0.3 is 5.97 Å². The van der Waals surface area contributed by atoms with Gasteiger partial charge in [0.2, 0.25) is 5.91 Å². The van der Waals surface area contributed by atoms with Crippen LogP contribution in [0.3, 0.4) is 0 Å². The predicted molar refractivity (Wildman–Crippen MR) is 81.8 cm³/mol. The summed E-state index contributed by atoms with van der Waals surface area (Å²) >= 11 is 3.24. The van der Waals surface area contributed by atoms with Crippen molar-refractivity contribution >= 4 is 39.6 Å².